The maximum atomic E-state index is 13.0. The molecule has 2 atom stereocenters. The van der Waals surface area contributed by atoms with Crippen molar-refractivity contribution in [2.45, 2.75) is 40.2 Å². The molecular formula is C23H30N4O2S. The largest absolute Gasteiger partial charge is 0.354 e. The second-order valence-corrected chi connectivity index (χ2v) is 9.81. The van der Waals surface area contributed by atoms with E-state index in [0.717, 1.165) is 58.4 Å². The third-order valence-corrected chi connectivity index (χ3v) is 7.13. The lowest BCUT2D eigenvalue weighted by atomic mass is 9.92. The molecular weight excluding hydrogens is 396 g/mol. The minimum atomic E-state index is -0.195. The van der Waals surface area contributed by atoms with Crippen LogP contribution in [0.1, 0.15) is 32.4 Å². The van der Waals surface area contributed by atoms with Crippen LogP contribution in [0.3, 0.4) is 0 Å². The fraction of sp³-hybridized carbons (Fsp3) is 0.522. The van der Waals surface area contributed by atoms with Gasteiger partial charge >= 0.3 is 0 Å². The van der Waals surface area contributed by atoms with E-state index >= 15 is 0 Å². The summed E-state index contributed by atoms with van der Waals surface area (Å²) < 4.78 is 3.28. The second-order valence-electron chi connectivity index (χ2n) is 8.76. The number of rotatable bonds is 6. The molecule has 1 saturated heterocycles. The first-order valence-corrected chi connectivity index (χ1v) is 11.6. The summed E-state index contributed by atoms with van der Waals surface area (Å²) in [4.78, 5) is 28.0. The molecule has 0 aliphatic carbocycles. The summed E-state index contributed by atoms with van der Waals surface area (Å²) in [5.74, 6) is 1.32. The predicted octanol–water partition coefficient (Wildman–Crippen LogP) is 3.40. The van der Waals surface area contributed by atoms with E-state index in [-0.39, 0.29) is 18.0 Å². The minimum absolute atomic E-state index is 0.0441. The zero-order chi connectivity index (χ0) is 21.3. The van der Waals surface area contributed by atoms with E-state index in [2.05, 4.69) is 29.2 Å². The van der Waals surface area contributed by atoms with E-state index in [4.69, 9.17) is 0 Å². The van der Waals surface area contributed by atoms with Crippen molar-refractivity contribution in [3.63, 3.8) is 0 Å². The lowest BCUT2D eigenvalue weighted by Gasteiger charge is -2.34. The average Bonchev–Trinajstić information content (AvgIpc) is 3.09. The highest BCUT2D eigenvalue weighted by atomic mass is 32.1. The molecule has 3 heterocycles. The summed E-state index contributed by atoms with van der Waals surface area (Å²) in [6.45, 7) is 10.4. The molecule has 3 aromatic rings. The van der Waals surface area contributed by atoms with Gasteiger partial charge in [0.05, 0.1) is 15.8 Å². The Kier molecular flexibility index (Phi) is 6.20. The molecule has 6 nitrogen and oxygen atoms in total. The monoisotopic (exact) mass is 426 g/mol. The number of carbonyl (C=O) groups excluding carboxylic acids is 1. The smallest absolute Gasteiger partial charge is 0.276 e. The summed E-state index contributed by atoms with van der Waals surface area (Å²) >= 11 is 1.58. The molecule has 160 valence electrons. The van der Waals surface area contributed by atoms with E-state index in [1.165, 1.54) is 11.1 Å². The van der Waals surface area contributed by atoms with Crippen molar-refractivity contribution in [2.75, 3.05) is 26.2 Å². The number of benzene rings is 1. The lowest BCUT2D eigenvalue weighted by Crippen LogP contribution is -2.40. The van der Waals surface area contributed by atoms with Crippen molar-refractivity contribution in [2.24, 2.45) is 11.8 Å². The minimum Gasteiger partial charge on any atom is -0.354 e. The van der Waals surface area contributed by atoms with E-state index in [1.54, 1.807) is 11.3 Å². The maximum Gasteiger partial charge on any atom is 0.276 e. The SMILES string of the molecule is Cc1nn(CC(=O)NCCCN2C[C@H](C)C[C@@H](C)C2)c(=O)c2c1sc1ccccc12. The Morgan fingerprint density at radius 1 is 1.23 bits per heavy atom. The number of nitrogens with one attached hydrogen (secondary N) is 1. The third-order valence-electron chi connectivity index (χ3n) is 5.85. The molecule has 0 saturated carbocycles. The Labute approximate surface area is 180 Å². The molecule has 4 rings (SSSR count). The highest BCUT2D eigenvalue weighted by Crippen LogP contribution is 2.32. The predicted molar refractivity (Wildman–Crippen MR) is 123 cm³/mol. The van der Waals surface area contributed by atoms with Gasteiger partial charge in [-0.2, -0.15) is 5.10 Å². The van der Waals surface area contributed by atoms with Gasteiger partial charge in [-0.1, -0.05) is 32.0 Å². The number of thiophene rings is 1. The standard InChI is InChI=1S/C23H30N4O2S/c1-15-11-16(2)13-26(12-15)10-6-9-24-20(28)14-27-23(29)21-18-7-4-5-8-19(18)30-22(21)17(3)25-27/h4-5,7-8,15-16H,6,9-14H2,1-3H3,(H,24,28)/t15-,16-/m1/s1. The van der Waals surface area contributed by atoms with Gasteiger partial charge in [-0.3, -0.25) is 9.59 Å². The van der Waals surface area contributed by atoms with Crippen LogP contribution in [0, 0.1) is 18.8 Å². The van der Waals surface area contributed by atoms with Crippen LogP contribution in [-0.4, -0.2) is 46.8 Å². The normalized spacial score (nSPS) is 20.1. The number of likely N-dealkylation sites (tertiary alicyclic amines) is 1. The lowest BCUT2D eigenvalue weighted by molar-refractivity contribution is -0.121. The molecule has 1 aromatic carbocycles. The molecule has 0 spiro atoms. The Balaban J connectivity index is 1.38. The summed E-state index contributed by atoms with van der Waals surface area (Å²) in [7, 11) is 0. The van der Waals surface area contributed by atoms with Gasteiger partial charge in [0.2, 0.25) is 5.91 Å². The van der Waals surface area contributed by atoms with E-state index in [9.17, 15) is 9.59 Å². The van der Waals surface area contributed by atoms with Crippen molar-refractivity contribution < 1.29 is 4.79 Å². The van der Waals surface area contributed by atoms with E-state index in [1.807, 2.05) is 31.2 Å². The summed E-state index contributed by atoms with van der Waals surface area (Å²) in [5, 5.41) is 8.96. The average molecular weight is 427 g/mol. The number of aromatic nitrogens is 2. The Bertz CT molecular complexity index is 1110. The van der Waals surface area contributed by atoms with Crippen LogP contribution in [0.4, 0.5) is 0 Å². The number of hydrogen-bond acceptors (Lipinski definition) is 5. The molecule has 2 aromatic heterocycles. The number of hydrogen-bond donors (Lipinski definition) is 1. The van der Waals surface area contributed by atoms with E-state index < -0.39 is 0 Å². The maximum absolute atomic E-state index is 13.0. The first-order valence-electron chi connectivity index (χ1n) is 10.8. The van der Waals surface area contributed by atoms with Crippen LogP contribution in [0.5, 0.6) is 0 Å². The van der Waals surface area contributed by atoms with Gasteiger partial charge in [0.1, 0.15) is 6.54 Å². The molecule has 0 radical (unpaired) electrons. The van der Waals surface area contributed by atoms with Gasteiger partial charge in [0.15, 0.2) is 0 Å². The van der Waals surface area contributed by atoms with Crippen LogP contribution in [0.25, 0.3) is 20.2 Å². The Morgan fingerprint density at radius 2 is 1.97 bits per heavy atom. The molecule has 1 aliphatic rings. The van der Waals surface area contributed by atoms with Gasteiger partial charge in [0.25, 0.3) is 5.56 Å². The quantitative estimate of drug-likeness (QED) is 0.614. The number of nitrogens with zero attached hydrogens (tertiary/aromatic N) is 3. The molecule has 7 heteroatoms. The molecule has 1 N–H and O–H groups in total. The van der Waals surface area contributed by atoms with E-state index in [0.29, 0.717) is 11.9 Å². The Morgan fingerprint density at radius 3 is 2.73 bits per heavy atom. The molecule has 0 bridgehead atoms. The van der Waals surface area contributed by atoms with Crippen LogP contribution in [0.15, 0.2) is 29.1 Å². The topological polar surface area (TPSA) is 67.2 Å². The fourth-order valence-electron chi connectivity index (χ4n) is 4.72. The summed E-state index contributed by atoms with van der Waals surface area (Å²) in [5.41, 5.74) is 0.589. The molecule has 30 heavy (non-hydrogen) atoms. The highest BCUT2D eigenvalue weighted by molar-refractivity contribution is 7.26. The van der Waals surface area contributed by atoms with Crippen LogP contribution < -0.4 is 10.9 Å². The molecule has 1 amide bonds. The molecule has 1 fully saturated rings. The van der Waals surface area contributed by atoms with Gasteiger partial charge in [-0.05, 0) is 44.2 Å². The van der Waals surface area contributed by atoms with Crippen molar-refractivity contribution >= 4 is 37.4 Å². The zero-order valence-electron chi connectivity index (χ0n) is 18.0. The first kappa shape index (κ1) is 21.0. The van der Waals surface area contributed by atoms with Crippen molar-refractivity contribution in [1.82, 2.24) is 20.0 Å². The summed E-state index contributed by atoms with van der Waals surface area (Å²) in [6.07, 6.45) is 2.22. The van der Waals surface area contributed by atoms with Gasteiger partial charge in [-0.15, -0.1) is 11.3 Å². The second kappa shape index (κ2) is 8.86. The number of fused-ring (bicyclic) bond motifs is 3. The van der Waals surface area contributed by atoms with Crippen LogP contribution >= 0.6 is 11.3 Å². The molecule has 1 aliphatic heterocycles. The number of aryl methyl sites for hydroxylation is 1. The van der Waals surface area contributed by atoms with Crippen molar-refractivity contribution in [3.05, 3.63) is 40.3 Å². The van der Waals surface area contributed by atoms with Crippen LogP contribution in [0.2, 0.25) is 0 Å². The first-order chi connectivity index (χ1) is 14.4. The number of piperidine rings is 1. The highest BCUT2D eigenvalue weighted by Gasteiger charge is 2.21. The number of carbonyl (C=O) groups is 1. The van der Waals surface area contributed by atoms with Gasteiger partial charge in [-0.25, -0.2) is 4.68 Å². The van der Waals surface area contributed by atoms with Gasteiger partial charge in [0, 0.05) is 29.7 Å². The zero-order valence-corrected chi connectivity index (χ0v) is 18.8. The van der Waals surface area contributed by atoms with Gasteiger partial charge < -0.3 is 10.2 Å². The summed E-state index contributed by atoms with van der Waals surface area (Å²) in [6, 6.07) is 7.88. The fourth-order valence-corrected chi connectivity index (χ4v) is 5.85. The Hall–Kier alpha value is -2.25. The van der Waals surface area contributed by atoms with Crippen LogP contribution in [-0.2, 0) is 11.3 Å². The number of amides is 1. The third kappa shape index (κ3) is 4.42. The molecule has 0 unspecified atom stereocenters. The van der Waals surface area contributed by atoms with Crippen molar-refractivity contribution in [1.29, 1.82) is 0 Å². The van der Waals surface area contributed by atoms with Crippen molar-refractivity contribution in [3.8, 4) is 0 Å².